The highest BCUT2D eigenvalue weighted by Gasteiger charge is 2.15. The van der Waals surface area contributed by atoms with Crippen molar-refractivity contribution in [3.63, 3.8) is 0 Å². The monoisotopic (exact) mass is 347 g/mol. The minimum absolute atomic E-state index is 0.0837. The van der Waals surface area contributed by atoms with Gasteiger partial charge in [-0.05, 0) is 47.7 Å². The topological polar surface area (TPSA) is 55.4 Å². The molecule has 0 spiro atoms. The highest BCUT2D eigenvalue weighted by Crippen LogP contribution is 2.22. The predicted molar refractivity (Wildman–Crippen MR) is 96.8 cm³/mol. The van der Waals surface area contributed by atoms with Gasteiger partial charge in [0.05, 0.1) is 11.5 Å². The fourth-order valence-corrected chi connectivity index (χ4v) is 3.28. The normalized spacial score (nSPS) is 12.2. The molecule has 0 bridgehead atoms. The minimum Gasteiger partial charge on any atom is -0.494 e. The molecule has 0 saturated heterocycles. The van der Waals surface area contributed by atoms with Crippen LogP contribution in [0.1, 0.15) is 38.8 Å². The van der Waals surface area contributed by atoms with Crippen LogP contribution >= 0.6 is 0 Å². The van der Waals surface area contributed by atoms with Crippen molar-refractivity contribution >= 4 is 10.0 Å². The second-order valence-electron chi connectivity index (χ2n) is 6.68. The number of ether oxygens (including phenoxy) is 1. The second kappa shape index (κ2) is 7.36. The number of rotatable bonds is 6. The average Bonchev–Trinajstić information content (AvgIpc) is 2.53. The zero-order valence-corrected chi connectivity index (χ0v) is 15.5. The Morgan fingerprint density at radius 3 is 2.04 bits per heavy atom. The van der Waals surface area contributed by atoms with E-state index in [0.717, 1.165) is 5.56 Å². The van der Waals surface area contributed by atoms with Crippen LogP contribution < -0.4 is 9.46 Å². The Kier molecular flexibility index (Phi) is 5.67. The van der Waals surface area contributed by atoms with E-state index in [1.165, 1.54) is 5.56 Å². The minimum atomic E-state index is -3.53. The molecule has 0 amide bonds. The summed E-state index contributed by atoms with van der Waals surface area (Å²) in [5.41, 5.74) is 2.23. The number of hydrogen-bond acceptors (Lipinski definition) is 3. The maximum Gasteiger partial charge on any atom is 0.240 e. The molecule has 0 aromatic heterocycles. The summed E-state index contributed by atoms with van der Waals surface area (Å²) in [7, 11) is -3.53. The Labute approximate surface area is 144 Å². The summed E-state index contributed by atoms with van der Waals surface area (Å²) in [4.78, 5) is 0.234. The fourth-order valence-electron chi connectivity index (χ4n) is 2.27. The van der Waals surface area contributed by atoms with Crippen molar-refractivity contribution in [2.75, 3.05) is 6.61 Å². The first-order chi connectivity index (χ1) is 11.2. The van der Waals surface area contributed by atoms with Gasteiger partial charge in [-0.3, -0.25) is 0 Å². The molecule has 1 N–H and O–H groups in total. The van der Waals surface area contributed by atoms with Gasteiger partial charge in [-0.25, -0.2) is 13.1 Å². The standard InChI is InChI=1S/C19H25NO3S/c1-5-23-17-10-12-18(13-11-17)24(21,22)20-14-15-6-8-16(9-7-15)19(2,3)4/h6-13,20H,5,14H2,1-4H3. The summed E-state index contributed by atoms with van der Waals surface area (Å²) < 4.78 is 32.7. The van der Waals surface area contributed by atoms with Gasteiger partial charge in [0.25, 0.3) is 0 Å². The Bertz CT molecular complexity index is 758. The zero-order valence-electron chi connectivity index (χ0n) is 14.7. The quantitative estimate of drug-likeness (QED) is 0.863. The molecule has 2 rings (SSSR count). The molecule has 0 atom stereocenters. The Morgan fingerprint density at radius 2 is 1.54 bits per heavy atom. The third-order valence-electron chi connectivity index (χ3n) is 3.73. The van der Waals surface area contributed by atoms with Crippen LogP contribution in [0.4, 0.5) is 0 Å². The van der Waals surface area contributed by atoms with Gasteiger partial charge in [-0.1, -0.05) is 45.0 Å². The number of hydrogen-bond donors (Lipinski definition) is 1. The van der Waals surface area contributed by atoms with Crippen molar-refractivity contribution in [2.45, 2.75) is 44.6 Å². The third-order valence-corrected chi connectivity index (χ3v) is 5.15. The van der Waals surface area contributed by atoms with E-state index in [4.69, 9.17) is 4.74 Å². The average molecular weight is 347 g/mol. The molecule has 0 aliphatic rings. The molecule has 0 aliphatic carbocycles. The molecular weight excluding hydrogens is 322 g/mol. The number of nitrogens with one attached hydrogen (secondary N) is 1. The van der Waals surface area contributed by atoms with Gasteiger partial charge in [0.1, 0.15) is 5.75 Å². The maximum atomic E-state index is 12.3. The van der Waals surface area contributed by atoms with Crippen LogP contribution in [0, 0.1) is 0 Å². The molecule has 0 radical (unpaired) electrons. The Hall–Kier alpha value is -1.85. The van der Waals surface area contributed by atoms with Crippen molar-refractivity contribution in [1.29, 1.82) is 0 Å². The van der Waals surface area contributed by atoms with Crippen LogP contribution in [0.2, 0.25) is 0 Å². The van der Waals surface area contributed by atoms with Crippen LogP contribution in [0.15, 0.2) is 53.4 Å². The Balaban J connectivity index is 2.04. The molecule has 0 fully saturated rings. The van der Waals surface area contributed by atoms with E-state index in [-0.39, 0.29) is 16.9 Å². The molecule has 130 valence electrons. The smallest absolute Gasteiger partial charge is 0.240 e. The zero-order chi connectivity index (χ0) is 17.8. The van der Waals surface area contributed by atoms with Gasteiger partial charge < -0.3 is 4.74 Å². The van der Waals surface area contributed by atoms with Gasteiger partial charge in [-0.15, -0.1) is 0 Å². The van der Waals surface area contributed by atoms with Crippen molar-refractivity contribution in [2.24, 2.45) is 0 Å². The molecule has 0 heterocycles. The molecule has 0 saturated carbocycles. The number of sulfonamides is 1. The Morgan fingerprint density at radius 1 is 0.958 bits per heavy atom. The van der Waals surface area contributed by atoms with Crippen LogP contribution in [0.5, 0.6) is 5.75 Å². The first kappa shape index (κ1) is 18.5. The van der Waals surface area contributed by atoms with Gasteiger partial charge in [0, 0.05) is 6.54 Å². The summed E-state index contributed by atoms with van der Waals surface area (Å²) in [5.74, 6) is 0.661. The first-order valence-electron chi connectivity index (χ1n) is 8.04. The largest absolute Gasteiger partial charge is 0.494 e. The van der Waals surface area contributed by atoms with Crippen molar-refractivity contribution < 1.29 is 13.2 Å². The molecule has 4 nitrogen and oxygen atoms in total. The second-order valence-corrected chi connectivity index (χ2v) is 8.44. The van der Waals surface area contributed by atoms with Gasteiger partial charge >= 0.3 is 0 Å². The van der Waals surface area contributed by atoms with Crippen LogP contribution in [-0.4, -0.2) is 15.0 Å². The lowest BCUT2D eigenvalue weighted by atomic mass is 9.87. The van der Waals surface area contributed by atoms with Crippen molar-refractivity contribution in [1.82, 2.24) is 4.72 Å². The third kappa shape index (κ3) is 4.82. The first-order valence-corrected chi connectivity index (χ1v) is 9.52. The molecule has 5 heteroatoms. The van der Waals surface area contributed by atoms with Gasteiger partial charge in [0.15, 0.2) is 0 Å². The predicted octanol–water partition coefficient (Wildman–Crippen LogP) is 3.86. The summed E-state index contributed by atoms with van der Waals surface area (Å²) in [6.45, 7) is 9.15. The van der Waals surface area contributed by atoms with Gasteiger partial charge in [0.2, 0.25) is 10.0 Å². The highest BCUT2D eigenvalue weighted by molar-refractivity contribution is 7.89. The van der Waals surface area contributed by atoms with Crippen LogP contribution in [0.3, 0.4) is 0 Å². The number of benzene rings is 2. The molecule has 0 unspecified atom stereocenters. The summed E-state index contributed by atoms with van der Waals surface area (Å²) in [5, 5.41) is 0. The molecular formula is C19H25NO3S. The molecule has 2 aromatic carbocycles. The lowest BCUT2D eigenvalue weighted by Gasteiger charge is -2.19. The SMILES string of the molecule is CCOc1ccc(S(=O)(=O)NCc2ccc(C(C)(C)C)cc2)cc1. The van der Waals surface area contributed by atoms with E-state index >= 15 is 0 Å². The molecule has 24 heavy (non-hydrogen) atoms. The highest BCUT2D eigenvalue weighted by atomic mass is 32.2. The van der Waals surface area contributed by atoms with E-state index in [1.807, 2.05) is 31.2 Å². The molecule has 0 aliphatic heterocycles. The van der Waals surface area contributed by atoms with Crippen molar-refractivity contribution in [3.8, 4) is 5.75 Å². The summed E-state index contributed by atoms with van der Waals surface area (Å²) >= 11 is 0. The lowest BCUT2D eigenvalue weighted by Crippen LogP contribution is -2.23. The van der Waals surface area contributed by atoms with E-state index in [2.05, 4.69) is 25.5 Å². The summed E-state index contributed by atoms with van der Waals surface area (Å²) in [6, 6.07) is 14.4. The van der Waals surface area contributed by atoms with Crippen molar-refractivity contribution in [3.05, 3.63) is 59.7 Å². The van der Waals surface area contributed by atoms with E-state index in [1.54, 1.807) is 24.3 Å². The molecule has 2 aromatic rings. The lowest BCUT2D eigenvalue weighted by molar-refractivity contribution is 0.340. The van der Waals surface area contributed by atoms with E-state index in [9.17, 15) is 8.42 Å². The summed E-state index contributed by atoms with van der Waals surface area (Å²) in [6.07, 6.45) is 0. The van der Waals surface area contributed by atoms with Crippen LogP contribution in [-0.2, 0) is 22.0 Å². The maximum absolute atomic E-state index is 12.3. The van der Waals surface area contributed by atoms with Gasteiger partial charge in [-0.2, -0.15) is 0 Å². The van der Waals surface area contributed by atoms with E-state index in [0.29, 0.717) is 12.4 Å². The fraction of sp³-hybridized carbons (Fsp3) is 0.368. The van der Waals surface area contributed by atoms with Crippen LogP contribution in [0.25, 0.3) is 0 Å². The van der Waals surface area contributed by atoms with E-state index < -0.39 is 10.0 Å².